The molecule has 2 aromatic heterocycles. The van der Waals surface area contributed by atoms with Gasteiger partial charge in [0.2, 0.25) is 0 Å². The van der Waals surface area contributed by atoms with Crippen LogP contribution in [0.4, 0.5) is 5.69 Å². The summed E-state index contributed by atoms with van der Waals surface area (Å²) in [4.78, 5) is 16.2. The minimum Gasteiger partial charge on any atom is -1.00 e. The summed E-state index contributed by atoms with van der Waals surface area (Å²) >= 11 is 11.0. The molecule has 4 nitrogen and oxygen atoms in total. The number of fused-ring (bicyclic) bond motifs is 1. The molecule has 1 aliphatic heterocycles. The predicted octanol–water partition coefficient (Wildman–Crippen LogP) is -0.390. The fourth-order valence-corrected chi connectivity index (χ4v) is 6.34. The third-order valence-electron chi connectivity index (χ3n) is 4.28. The summed E-state index contributed by atoms with van der Waals surface area (Å²) in [5, 5.41) is 4.83. The van der Waals surface area contributed by atoms with E-state index in [1.807, 2.05) is 55.4 Å². The van der Waals surface area contributed by atoms with E-state index in [0.29, 0.717) is 11.6 Å². The van der Waals surface area contributed by atoms with E-state index < -0.39 is 0 Å². The molecule has 3 aromatic rings. The molecule has 0 saturated carbocycles. The van der Waals surface area contributed by atoms with Crippen LogP contribution in [0.15, 0.2) is 39.5 Å². The van der Waals surface area contributed by atoms with Crippen molar-refractivity contribution in [2.24, 2.45) is 7.05 Å². The van der Waals surface area contributed by atoms with Crippen LogP contribution < -0.4 is 36.6 Å². The van der Waals surface area contributed by atoms with E-state index in [9.17, 15) is 4.79 Å². The van der Waals surface area contributed by atoms with Crippen molar-refractivity contribution in [3.63, 3.8) is 0 Å². The highest BCUT2D eigenvalue weighted by Gasteiger charge is 2.25. The van der Waals surface area contributed by atoms with Gasteiger partial charge in [0, 0.05) is 23.5 Å². The number of hydrogen-bond donors (Lipinski definition) is 0. The number of hydrogen-bond acceptors (Lipinski definition) is 5. The van der Waals surface area contributed by atoms with Crippen molar-refractivity contribution >= 4 is 62.8 Å². The van der Waals surface area contributed by atoms with Gasteiger partial charge in [0.05, 0.1) is 17.1 Å². The largest absolute Gasteiger partial charge is 1.00 e. The van der Waals surface area contributed by atoms with Crippen LogP contribution in [-0.4, -0.2) is 11.6 Å². The van der Waals surface area contributed by atoms with E-state index >= 15 is 0 Å². The smallest absolute Gasteiger partial charge is 0.271 e. The van der Waals surface area contributed by atoms with Crippen LogP contribution in [0.1, 0.15) is 11.9 Å². The topological polar surface area (TPSA) is 29.1 Å². The van der Waals surface area contributed by atoms with Crippen LogP contribution in [0.2, 0.25) is 5.02 Å². The zero-order valence-electron chi connectivity index (χ0n) is 14.9. The Bertz CT molecular complexity index is 1180. The number of thiazole rings is 2. The number of rotatable bonds is 2. The fourth-order valence-electron chi connectivity index (χ4n) is 2.88. The van der Waals surface area contributed by atoms with Gasteiger partial charge >= 0.3 is 0 Å². The zero-order chi connectivity index (χ0) is 18.4. The zero-order valence-corrected chi connectivity index (χ0v) is 18.9. The minimum atomic E-state index is 0. The van der Waals surface area contributed by atoms with E-state index in [0.717, 1.165) is 29.8 Å². The van der Waals surface area contributed by atoms with E-state index in [1.54, 1.807) is 34.4 Å². The molecular formula is C18H17Cl2N3OS3. The van der Waals surface area contributed by atoms with Gasteiger partial charge in [-0.25, -0.2) is 0 Å². The standard InChI is InChI=1S/C18H17ClN3OS3.ClH/c1-4-22-15(10-14-20(2)7-8-24-14)26-16(17(22)23)18-21(3)12-9-11(19)5-6-13(12)25-18;/h5-10H,4H2,1-3H3;1H/q+1;/p-1/b18-16+;. The Morgan fingerprint density at radius 3 is 2.78 bits per heavy atom. The summed E-state index contributed by atoms with van der Waals surface area (Å²) in [5.41, 5.74) is 1.11. The first-order chi connectivity index (χ1) is 12.5. The first kappa shape index (κ1) is 20.5. The van der Waals surface area contributed by atoms with E-state index in [2.05, 4.69) is 15.5 Å². The molecular weight excluding hydrogens is 441 g/mol. The van der Waals surface area contributed by atoms with Crippen LogP contribution in [0.25, 0.3) is 11.1 Å². The van der Waals surface area contributed by atoms with E-state index in [1.165, 1.54) is 0 Å². The summed E-state index contributed by atoms with van der Waals surface area (Å²) in [6.07, 6.45) is 4.11. The Kier molecular flexibility index (Phi) is 6.08. The van der Waals surface area contributed by atoms with Gasteiger partial charge in [-0.05, 0) is 25.1 Å². The van der Waals surface area contributed by atoms with E-state index in [4.69, 9.17) is 11.6 Å². The number of benzene rings is 1. The Balaban J connectivity index is 0.00000210. The number of halogens is 2. The second-order valence-corrected chi connectivity index (χ2v) is 9.32. The molecule has 0 atom stereocenters. The molecule has 9 heteroatoms. The molecule has 3 heterocycles. The molecule has 0 saturated heterocycles. The third-order valence-corrected chi connectivity index (χ3v) is 7.91. The van der Waals surface area contributed by atoms with Gasteiger partial charge in [0.15, 0.2) is 6.20 Å². The number of aromatic nitrogens is 2. The van der Waals surface area contributed by atoms with Gasteiger partial charge in [-0.15, -0.1) is 11.3 Å². The highest BCUT2D eigenvalue weighted by molar-refractivity contribution is 8.08. The maximum Gasteiger partial charge on any atom is 0.271 e. The second-order valence-electron chi connectivity index (χ2n) is 5.89. The highest BCUT2D eigenvalue weighted by atomic mass is 35.5. The van der Waals surface area contributed by atoms with Gasteiger partial charge in [-0.3, -0.25) is 9.36 Å². The first-order valence-corrected chi connectivity index (χ1v) is 11.0. The van der Waals surface area contributed by atoms with Crippen molar-refractivity contribution in [2.45, 2.75) is 18.4 Å². The molecule has 1 aliphatic rings. The maximum atomic E-state index is 13.0. The fraction of sp³-hybridized carbons (Fsp3) is 0.222. The Hall–Kier alpha value is -1.25. The number of thioether (sulfide) groups is 1. The Morgan fingerprint density at radius 2 is 2.11 bits per heavy atom. The van der Waals surface area contributed by atoms with E-state index in [-0.39, 0.29) is 18.0 Å². The first-order valence-electron chi connectivity index (χ1n) is 8.09. The lowest BCUT2D eigenvalue weighted by Crippen LogP contribution is -3.00. The van der Waals surface area contributed by atoms with Crippen molar-refractivity contribution < 1.29 is 17.0 Å². The average molecular weight is 458 g/mol. The van der Waals surface area contributed by atoms with Crippen LogP contribution in [-0.2, 0) is 13.6 Å². The molecule has 1 aromatic carbocycles. The summed E-state index contributed by atoms with van der Waals surface area (Å²) in [6, 6.07) is 5.84. The van der Waals surface area contributed by atoms with Crippen molar-refractivity contribution in [1.29, 1.82) is 0 Å². The lowest BCUT2D eigenvalue weighted by Gasteiger charge is -2.12. The van der Waals surface area contributed by atoms with Gasteiger partial charge in [0.1, 0.15) is 21.3 Å². The third kappa shape index (κ3) is 3.59. The van der Waals surface area contributed by atoms with Crippen molar-refractivity contribution in [3.8, 4) is 0 Å². The second kappa shape index (κ2) is 8.01. The Labute approximate surface area is 180 Å². The maximum absolute atomic E-state index is 13.0. The Morgan fingerprint density at radius 1 is 1.33 bits per heavy atom. The molecule has 0 bridgehead atoms. The summed E-state index contributed by atoms with van der Waals surface area (Å²) in [7, 11) is 4.00. The van der Waals surface area contributed by atoms with Gasteiger partial charge < -0.3 is 17.3 Å². The van der Waals surface area contributed by atoms with Gasteiger partial charge in [-0.1, -0.05) is 34.7 Å². The number of aryl methyl sites for hydroxylation is 1. The van der Waals surface area contributed by atoms with Crippen LogP contribution in [0.5, 0.6) is 0 Å². The molecule has 0 fully saturated rings. The quantitative estimate of drug-likeness (QED) is 0.490. The van der Waals surface area contributed by atoms with Gasteiger partial charge in [0.25, 0.3) is 10.6 Å². The molecule has 0 radical (unpaired) electrons. The monoisotopic (exact) mass is 457 g/mol. The molecule has 4 rings (SSSR count). The van der Waals surface area contributed by atoms with Crippen molar-refractivity contribution in [2.75, 3.05) is 11.9 Å². The van der Waals surface area contributed by atoms with Gasteiger partial charge in [-0.2, -0.15) is 4.57 Å². The molecule has 142 valence electrons. The van der Waals surface area contributed by atoms with Crippen molar-refractivity contribution in [1.82, 2.24) is 4.57 Å². The molecule has 0 spiro atoms. The molecule has 0 aliphatic carbocycles. The summed E-state index contributed by atoms with van der Waals surface area (Å²) in [5.74, 6) is 0. The average Bonchev–Trinajstić information content (AvgIpc) is 3.26. The summed E-state index contributed by atoms with van der Waals surface area (Å²) < 4.78 is 5.66. The molecule has 27 heavy (non-hydrogen) atoms. The molecule has 0 unspecified atom stereocenters. The molecule has 0 amide bonds. The summed E-state index contributed by atoms with van der Waals surface area (Å²) in [6.45, 7) is 2.66. The lowest BCUT2D eigenvalue weighted by molar-refractivity contribution is -0.668. The van der Waals surface area contributed by atoms with Crippen LogP contribution in [0, 0.1) is 0 Å². The highest BCUT2D eigenvalue weighted by Crippen LogP contribution is 2.46. The predicted molar refractivity (Wildman–Crippen MR) is 112 cm³/mol. The lowest BCUT2D eigenvalue weighted by atomic mass is 10.3. The van der Waals surface area contributed by atoms with Crippen LogP contribution in [0.3, 0.4) is 0 Å². The SMILES string of the molecule is CCn1c(=O)/c(=C2\Sc3ccc(Cl)cc3N2C)s/c1=C\c1scc[n+]1C.[Cl-]. The molecule has 0 N–H and O–H groups in total. The van der Waals surface area contributed by atoms with Crippen molar-refractivity contribution in [3.05, 3.63) is 59.4 Å². The minimum absolute atomic E-state index is 0. The van der Waals surface area contributed by atoms with Crippen LogP contribution >= 0.6 is 46.0 Å². The number of anilines is 1. The normalized spacial score (nSPS) is 15.9. The number of nitrogens with zero attached hydrogens (tertiary/aromatic N) is 3.